The predicted molar refractivity (Wildman–Crippen MR) is 106 cm³/mol. The Morgan fingerprint density at radius 2 is 1.50 bits per heavy atom. The molecule has 138 valence electrons. The lowest BCUT2D eigenvalue weighted by molar-refractivity contribution is -0.123. The smallest absolute Gasteiger partial charge is 0.261 e. The highest BCUT2D eigenvalue weighted by atomic mass is 28.4. The van der Waals surface area contributed by atoms with E-state index in [4.69, 9.17) is 9.16 Å². The molecule has 0 amide bonds. The Morgan fingerprint density at radius 3 is 1.88 bits per heavy atom. The second-order valence-corrected chi connectivity index (χ2v) is 12.9. The average Bonchev–Trinajstić information content (AvgIpc) is 3.37. The molecule has 4 rings (SSSR count). The molecule has 2 aliphatic rings. The summed E-state index contributed by atoms with van der Waals surface area (Å²) in [4.78, 5) is 0. The van der Waals surface area contributed by atoms with E-state index in [2.05, 4.69) is 81.4 Å². The molecule has 4 heteroatoms. The van der Waals surface area contributed by atoms with Crippen LogP contribution in [0, 0.1) is 11.8 Å². The molecule has 2 fully saturated rings. The molecule has 0 aromatic heterocycles. The van der Waals surface area contributed by atoms with Crippen molar-refractivity contribution in [3.63, 3.8) is 0 Å². The Kier molecular flexibility index (Phi) is 4.56. The molecule has 1 aliphatic heterocycles. The minimum atomic E-state index is -2.51. The van der Waals surface area contributed by atoms with Crippen molar-refractivity contribution in [1.29, 1.82) is 0 Å². The second-order valence-electron chi connectivity index (χ2n) is 8.60. The van der Waals surface area contributed by atoms with Crippen LogP contribution < -0.4 is 10.4 Å². The SMILES string of the molecule is CC(C)(C)[Si](OC[C@@H]1OC(O)[C@@H]2C[C@H]12)(c1ccccc1)c1ccccc1. The summed E-state index contributed by atoms with van der Waals surface area (Å²) < 4.78 is 12.7. The summed E-state index contributed by atoms with van der Waals surface area (Å²) in [5, 5.41) is 12.5. The van der Waals surface area contributed by atoms with Crippen LogP contribution in [0.25, 0.3) is 0 Å². The number of hydrogen-bond donors (Lipinski definition) is 1. The maximum Gasteiger partial charge on any atom is 0.261 e. The van der Waals surface area contributed by atoms with Crippen LogP contribution in [0.2, 0.25) is 5.04 Å². The first kappa shape index (κ1) is 17.9. The van der Waals surface area contributed by atoms with Crippen LogP contribution in [0.15, 0.2) is 60.7 Å². The van der Waals surface area contributed by atoms with Gasteiger partial charge in [-0.1, -0.05) is 81.4 Å². The molecule has 3 nitrogen and oxygen atoms in total. The number of fused-ring (bicyclic) bond motifs is 1. The number of ether oxygens (including phenoxy) is 1. The first-order valence-electron chi connectivity index (χ1n) is 9.52. The van der Waals surface area contributed by atoms with Crippen molar-refractivity contribution in [1.82, 2.24) is 0 Å². The highest BCUT2D eigenvalue weighted by Crippen LogP contribution is 2.51. The van der Waals surface area contributed by atoms with Crippen molar-refractivity contribution in [3.8, 4) is 0 Å². The van der Waals surface area contributed by atoms with E-state index < -0.39 is 14.6 Å². The van der Waals surface area contributed by atoms with E-state index >= 15 is 0 Å². The molecule has 1 unspecified atom stereocenters. The minimum absolute atomic E-state index is 0.0108. The minimum Gasteiger partial charge on any atom is -0.405 e. The highest BCUT2D eigenvalue weighted by Gasteiger charge is 2.57. The molecule has 1 heterocycles. The highest BCUT2D eigenvalue weighted by molar-refractivity contribution is 6.99. The van der Waals surface area contributed by atoms with Gasteiger partial charge in [-0.25, -0.2) is 0 Å². The van der Waals surface area contributed by atoms with Gasteiger partial charge in [0.15, 0.2) is 6.29 Å². The summed E-state index contributed by atoms with van der Waals surface area (Å²) in [5.74, 6) is 0.783. The molecular formula is C22H28O3Si. The van der Waals surface area contributed by atoms with Gasteiger partial charge in [0.1, 0.15) is 0 Å². The summed E-state index contributed by atoms with van der Waals surface area (Å²) in [6.45, 7) is 7.39. The maximum absolute atomic E-state index is 9.97. The van der Waals surface area contributed by atoms with E-state index in [1.165, 1.54) is 10.4 Å². The lowest BCUT2D eigenvalue weighted by Crippen LogP contribution is -2.67. The van der Waals surface area contributed by atoms with Crippen LogP contribution in [0.1, 0.15) is 27.2 Å². The first-order chi connectivity index (χ1) is 12.4. The molecule has 1 saturated heterocycles. The Balaban J connectivity index is 1.73. The Bertz CT molecular complexity index is 701. The number of aliphatic hydroxyl groups excluding tert-OH is 1. The zero-order valence-electron chi connectivity index (χ0n) is 15.8. The summed E-state index contributed by atoms with van der Waals surface area (Å²) >= 11 is 0. The van der Waals surface area contributed by atoms with E-state index in [0.717, 1.165) is 6.42 Å². The first-order valence-corrected chi connectivity index (χ1v) is 11.4. The van der Waals surface area contributed by atoms with Crippen LogP contribution in [0.5, 0.6) is 0 Å². The Morgan fingerprint density at radius 1 is 0.962 bits per heavy atom. The molecule has 0 radical (unpaired) electrons. The van der Waals surface area contributed by atoms with Gasteiger partial charge in [-0.05, 0) is 27.8 Å². The predicted octanol–water partition coefficient (Wildman–Crippen LogP) is 2.92. The van der Waals surface area contributed by atoms with E-state index in [9.17, 15) is 5.11 Å². The molecular weight excluding hydrogens is 340 g/mol. The second kappa shape index (κ2) is 6.61. The lowest BCUT2D eigenvalue weighted by Gasteiger charge is -2.43. The molecule has 1 saturated carbocycles. The van der Waals surface area contributed by atoms with Crippen LogP contribution in [0.3, 0.4) is 0 Å². The third kappa shape index (κ3) is 2.95. The van der Waals surface area contributed by atoms with Crippen molar-refractivity contribution in [2.75, 3.05) is 6.61 Å². The molecule has 4 atom stereocenters. The summed E-state index contributed by atoms with van der Waals surface area (Å²) in [6, 6.07) is 21.3. The standard InChI is InChI=1S/C22H28O3Si/c1-22(2,3)26(16-10-6-4-7-11-16,17-12-8-5-9-13-17)24-15-20-18-14-19(18)21(23)25-20/h4-13,18-21,23H,14-15H2,1-3H3/t18-,19+,20-,21?/m0/s1. The topological polar surface area (TPSA) is 38.7 Å². The van der Waals surface area contributed by atoms with Crippen LogP contribution >= 0.6 is 0 Å². The van der Waals surface area contributed by atoms with Crippen molar-refractivity contribution in [2.24, 2.45) is 11.8 Å². The summed E-state index contributed by atoms with van der Waals surface area (Å²) in [6.07, 6.45) is 0.472. The average molecular weight is 369 g/mol. The maximum atomic E-state index is 9.97. The van der Waals surface area contributed by atoms with Gasteiger partial charge in [0.2, 0.25) is 0 Å². The van der Waals surface area contributed by atoms with Crippen molar-refractivity contribution in [2.45, 2.75) is 44.6 Å². The number of aliphatic hydroxyl groups is 1. The molecule has 2 aromatic rings. The fraction of sp³-hybridized carbons (Fsp3) is 0.455. The quantitative estimate of drug-likeness (QED) is 0.825. The van der Waals surface area contributed by atoms with Crippen molar-refractivity contribution >= 4 is 18.7 Å². The third-order valence-electron chi connectivity index (χ3n) is 5.93. The van der Waals surface area contributed by atoms with Crippen LogP contribution in [0.4, 0.5) is 0 Å². The third-order valence-corrected chi connectivity index (χ3v) is 10.9. The van der Waals surface area contributed by atoms with Gasteiger partial charge in [0.05, 0.1) is 12.7 Å². The number of hydrogen-bond acceptors (Lipinski definition) is 3. The van der Waals surface area contributed by atoms with Crippen molar-refractivity contribution < 1.29 is 14.3 Å². The van der Waals surface area contributed by atoms with Crippen LogP contribution in [-0.2, 0) is 9.16 Å². The largest absolute Gasteiger partial charge is 0.405 e. The van der Waals surface area contributed by atoms with E-state index in [0.29, 0.717) is 18.4 Å². The van der Waals surface area contributed by atoms with Gasteiger partial charge in [-0.15, -0.1) is 0 Å². The molecule has 2 aromatic carbocycles. The van der Waals surface area contributed by atoms with Gasteiger partial charge >= 0.3 is 0 Å². The fourth-order valence-corrected chi connectivity index (χ4v) is 9.07. The number of rotatable bonds is 5. The molecule has 0 bridgehead atoms. The lowest BCUT2D eigenvalue weighted by atomic mass is 10.2. The fourth-order valence-electron chi connectivity index (χ4n) is 4.50. The van der Waals surface area contributed by atoms with Crippen LogP contribution in [-0.4, -0.2) is 32.4 Å². The molecule has 1 aliphatic carbocycles. The zero-order valence-corrected chi connectivity index (χ0v) is 16.8. The van der Waals surface area contributed by atoms with E-state index in [1.54, 1.807) is 0 Å². The normalized spacial score (nSPS) is 28.0. The van der Waals surface area contributed by atoms with Gasteiger partial charge < -0.3 is 14.3 Å². The molecule has 0 spiro atoms. The van der Waals surface area contributed by atoms with Crippen molar-refractivity contribution in [3.05, 3.63) is 60.7 Å². The summed E-state index contributed by atoms with van der Waals surface area (Å²) in [7, 11) is -2.51. The number of benzene rings is 2. The van der Waals surface area contributed by atoms with E-state index in [1.807, 2.05) is 0 Å². The van der Waals surface area contributed by atoms with E-state index in [-0.39, 0.29) is 11.1 Å². The zero-order chi connectivity index (χ0) is 18.4. The van der Waals surface area contributed by atoms with Gasteiger partial charge in [0, 0.05) is 5.92 Å². The molecule has 26 heavy (non-hydrogen) atoms. The Labute approximate surface area is 157 Å². The van der Waals surface area contributed by atoms with Gasteiger partial charge in [0.25, 0.3) is 8.32 Å². The summed E-state index contributed by atoms with van der Waals surface area (Å²) in [5.41, 5.74) is 0. The van der Waals surface area contributed by atoms with Gasteiger partial charge in [-0.3, -0.25) is 0 Å². The molecule has 1 N–H and O–H groups in total. The Hall–Kier alpha value is -1.46. The van der Waals surface area contributed by atoms with Gasteiger partial charge in [-0.2, -0.15) is 0 Å². The monoisotopic (exact) mass is 368 g/mol.